The maximum atomic E-state index is 14.3. The summed E-state index contributed by atoms with van der Waals surface area (Å²) in [5, 5.41) is 0.547. The van der Waals surface area contributed by atoms with Crippen LogP contribution in [0.2, 0.25) is 5.02 Å². The number of ether oxygens (including phenoxy) is 1. The summed E-state index contributed by atoms with van der Waals surface area (Å²) in [4.78, 5) is 18.2. The number of nitrogens with zero attached hydrogens (tertiary/aromatic N) is 2. The van der Waals surface area contributed by atoms with Gasteiger partial charge in [0.25, 0.3) is 5.91 Å². The van der Waals surface area contributed by atoms with E-state index in [0.717, 1.165) is 5.52 Å². The normalized spacial score (nSPS) is 20.0. The Kier molecular flexibility index (Phi) is 4.61. The van der Waals surface area contributed by atoms with E-state index in [9.17, 15) is 9.18 Å². The van der Waals surface area contributed by atoms with E-state index in [1.807, 2.05) is 24.3 Å². The number of oxazole rings is 1. The van der Waals surface area contributed by atoms with Gasteiger partial charge in [-0.05, 0) is 36.4 Å². The summed E-state index contributed by atoms with van der Waals surface area (Å²) in [5.41, 5.74) is 1.86. The van der Waals surface area contributed by atoms with Crippen molar-refractivity contribution < 1.29 is 18.3 Å². The number of hydrogen-bond acceptors (Lipinski definition) is 4. The topological polar surface area (TPSA) is 55.6 Å². The highest BCUT2D eigenvalue weighted by atomic mass is 35.5. The monoisotopic (exact) mass is 374 g/mol. The quantitative estimate of drug-likeness (QED) is 0.695. The van der Waals surface area contributed by atoms with Gasteiger partial charge in [0.05, 0.1) is 13.1 Å². The van der Waals surface area contributed by atoms with Gasteiger partial charge < -0.3 is 14.1 Å². The first-order valence-electron chi connectivity index (χ1n) is 8.25. The molecule has 0 N–H and O–H groups in total. The molecule has 0 saturated carbocycles. The molecule has 1 aliphatic rings. The highest BCUT2D eigenvalue weighted by Gasteiger charge is 2.36. The summed E-state index contributed by atoms with van der Waals surface area (Å²) in [7, 11) is 0. The molecule has 3 aromatic rings. The first kappa shape index (κ1) is 17.0. The SMILES string of the molecule is O=C(c1ccc(Cl)cc1)N1C[C@@H](F)[C@@H](OCc2nc3ccccc3o2)C1. The molecular formula is C19H16ClFN2O3. The lowest BCUT2D eigenvalue weighted by Crippen LogP contribution is -2.30. The molecule has 5 nitrogen and oxygen atoms in total. The molecule has 1 aliphatic heterocycles. The molecule has 2 heterocycles. The lowest BCUT2D eigenvalue weighted by molar-refractivity contribution is 0.00271. The van der Waals surface area contributed by atoms with Gasteiger partial charge in [0, 0.05) is 10.6 Å². The molecule has 7 heteroatoms. The van der Waals surface area contributed by atoms with Crippen LogP contribution in [0.5, 0.6) is 0 Å². The molecule has 1 fully saturated rings. The molecule has 2 atom stereocenters. The van der Waals surface area contributed by atoms with Crippen LogP contribution in [0.4, 0.5) is 4.39 Å². The second-order valence-electron chi connectivity index (χ2n) is 6.16. The number of carbonyl (C=O) groups excluding carboxylic acids is 1. The van der Waals surface area contributed by atoms with Gasteiger partial charge in [0.2, 0.25) is 5.89 Å². The molecule has 1 aromatic heterocycles. The predicted octanol–water partition coefficient (Wildman–Crippen LogP) is 3.86. The highest BCUT2D eigenvalue weighted by Crippen LogP contribution is 2.22. The number of benzene rings is 2. The number of alkyl halides is 1. The van der Waals surface area contributed by atoms with Crippen molar-refractivity contribution in [2.24, 2.45) is 0 Å². The van der Waals surface area contributed by atoms with E-state index in [1.165, 1.54) is 4.90 Å². The number of aromatic nitrogens is 1. The maximum absolute atomic E-state index is 14.3. The Labute approximate surface area is 154 Å². The molecule has 0 radical (unpaired) electrons. The number of fused-ring (bicyclic) bond motifs is 1. The minimum Gasteiger partial charge on any atom is -0.438 e. The fourth-order valence-corrected chi connectivity index (χ4v) is 3.12. The van der Waals surface area contributed by atoms with Gasteiger partial charge in [-0.25, -0.2) is 9.37 Å². The van der Waals surface area contributed by atoms with Crippen molar-refractivity contribution >= 4 is 28.6 Å². The Hall–Kier alpha value is -2.44. The van der Waals surface area contributed by atoms with Crippen LogP contribution in [0.3, 0.4) is 0 Å². The van der Waals surface area contributed by atoms with E-state index < -0.39 is 12.3 Å². The number of carbonyl (C=O) groups is 1. The summed E-state index contributed by atoms with van der Waals surface area (Å²) in [6.07, 6.45) is -1.96. The Morgan fingerprint density at radius 1 is 1.23 bits per heavy atom. The van der Waals surface area contributed by atoms with Gasteiger partial charge >= 0.3 is 0 Å². The number of likely N-dealkylation sites (tertiary alicyclic amines) is 1. The molecule has 1 amide bonds. The molecular weight excluding hydrogens is 359 g/mol. The summed E-state index contributed by atoms with van der Waals surface area (Å²) < 4.78 is 25.5. The van der Waals surface area contributed by atoms with Crippen LogP contribution in [0.15, 0.2) is 52.9 Å². The van der Waals surface area contributed by atoms with Crippen molar-refractivity contribution in [3.05, 3.63) is 65.0 Å². The first-order valence-corrected chi connectivity index (χ1v) is 8.63. The van der Waals surface area contributed by atoms with Crippen molar-refractivity contribution in [3.8, 4) is 0 Å². The number of para-hydroxylation sites is 2. The second kappa shape index (κ2) is 7.05. The molecule has 0 unspecified atom stereocenters. The Balaban J connectivity index is 1.39. The highest BCUT2D eigenvalue weighted by molar-refractivity contribution is 6.30. The third-order valence-electron chi connectivity index (χ3n) is 4.34. The van der Waals surface area contributed by atoms with Gasteiger partial charge in [-0.3, -0.25) is 4.79 Å². The van der Waals surface area contributed by atoms with E-state index in [4.69, 9.17) is 20.8 Å². The number of halogens is 2. The maximum Gasteiger partial charge on any atom is 0.254 e. The van der Waals surface area contributed by atoms with Crippen molar-refractivity contribution in [2.75, 3.05) is 13.1 Å². The third-order valence-corrected chi connectivity index (χ3v) is 4.59. The summed E-state index contributed by atoms with van der Waals surface area (Å²) in [5.74, 6) is 0.151. The average Bonchev–Trinajstić information content (AvgIpc) is 3.23. The molecule has 0 spiro atoms. The van der Waals surface area contributed by atoms with E-state index in [1.54, 1.807) is 24.3 Å². The molecule has 4 rings (SSSR count). The number of rotatable bonds is 4. The minimum absolute atomic E-state index is 0.000312. The summed E-state index contributed by atoms with van der Waals surface area (Å²) >= 11 is 5.83. The fourth-order valence-electron chi connectivity index (χ4n) is 2.99. The van der Waals surface area contributed by atoms with Crippen LogP contribution in [0, 0.1) is 0 Å². The molecule has 1 saturated heterocycles. The Bertz CT molecular complexity index is 895. The largest absolute Gasteiger partial charge is 0.438 e. The van der Waals surface area contributed by atoms with E-state index >= 15 is 0 Å². The van der Waals surface area contributed by atoms with Gasteiger partial charge in [0.15, 0.2) is 5.58 Å². The third kappa shape index (κ3) is 3.43. The van der Waals surface area contributed by atoms with Gasteiger partial charge in [0.1, 0.15) is 24.4 Å². The Morgan fingerprint density at radius 3 is 2.77 bits per heavy atom. The molecule has 0 aliphatic carbocycles. The van der Waals surface area contributed by atoms with E-state index in [-0.39, 0.29) is 25.6 Å². The van der Waals surface area contributed by atoms with E-state index in [0.29, 0.717) is 22.1 Å². The number of amides is 1. The summed E-state index contributed by atoms with van der Waals surface area (Å²) in [6, 6.07) is 13.9. The fraction of sp³-hybridized carbons (Fsp3) is 0.263. The van der Waals surface area contributed by atoms with Gasteiger partial charge in [-0.1, -0.05) is 23.7 Å². The standard InChI is InChI=1S/C19H16ClFN2O3/c20-13-7-5-12(6-8-13)19(24)23-9-14(21)17(10-23)25-11-18-22-15-3-1-2-4-16(15)26-18/h1-8,14,17H,9-11H2/t14-,17+/m1/s1. The van der Waals surface area contributed by atoms with Crippen LogP contribution in [-0.4, -0.2) is 41.2 Å². The number of hydrogen-bond donors (Lipinski definition) is 0. The zero-order valence-electron chi connectivity index (χ0n) is 13.8. The van der Waals surface area contributed by atoms with Crippen molar-refractivity contribution in [1.29, 1.82) is 0 Å². The predicted molar refractivity (Wildman–Crippen MR) is 94.8 cm³/mol. The second-order valence-corrected chi connectivity index (χ2v) is 6.59. The molecule has 26 heavy (non-hydrogen) atoms. The van der Waals surface area contributed by atoms with Crippen LogP contribution in [0.25, 0.3) is 11.1 Å². The van der Waals surface area contributed by atoms with E-state index in [2.05, 4.69) is 4.98 Å². The van der Waals surface area contributed by atoms with Crippen LogP contribution < -0.4 is 0 Å². The van der Waals surface area contributed by atoms with Crippen LogP contribution in [0.1, 0.15) is 16.2 Å². The van der Waals surface area contributed by atoms with Gasteiger partial charge in [-0.2, -0.15) is 0 Å². The van der Waals surface area contributed by atoms with Crippen molar-refractivity contribution in [1.82, 2.24) is 9.88 Å². The first-order chi connectivity index (χ1) is 12.6. The van der Waals surface area contributed by atoms with Gasteiger partial charge in [-0.15, -0.1) is 0 Å². The van der Waals surface area contributed by atoms with Crippen molar-refractivity contribution in [3.63, 3.8) is 0 Å². The molecule has 134 valence electrons. The Morgan fingerprint density at radius 2 is 2.00 bits per heavy atom. The van der Waals surface area contributed by atoms with Crippen LogP contribution >= 0.6 is 11.6 Å². The minimum atomic E-state index is -1.25. The molecule has 0 bridgehead atoms. The van der Waals surface area contributed by atoms with Crippen molar-refractivity contribution in [2.45, 2.75) is 18.9 Å². The zero-order valence-corrected chi connectivity index (χ0v) is 14.5. The zero-order chi connectivity index (χ0) is 18.1. The molecule has 2 aromatic carbocycles. The average molecular weight is 375 g/mol. The smallest absolute Gasteiger partial charge is 0.254 e. The lowest BCUT2D eigenvalue weighted by Gasteiger charge is -2.16. The lowest BCUT2D eigenvalue weighted by atomic mass is 10.2. The summed E-state index contributed by atoms with van der Waals surface area (Å²) in [6.45, 7) is 0.241. The van der Waals surface area contributed by atoms with Crippen LogP contribution in [-0.2, 0) is 11.3 Å².